The Balaban J connectivity index is 2.10. The lowest BCUT2D eigenvalue weighted by atomic mass is 9.90. The summed E-state index contributed by atoms with van der Waals surface area (Å²) in [6.45, 7) is 0. The molecule has 0 aromatic rings. The van der Waals surface area contributed by atoms with Gasteiger partial charge in [0.2, 0.25) is 0 Å². The summed E-state index contributed by atoms with van der Waals surface area (Å²) in [6, 6.07) is -0.355. The van der Waals surface area contributed by atoms with Crippen LogP contribution < -0.4 is 0 Å². The lowest BCUT2D eigenvalue weighted by molar-refractivity contribution is -0.139. The van der Waals surface area contributed by atoms with Crippen molar-refractivity contribution in [2.24, 2.45) is 16.1 Å². The van der Waals surface area contributed by atoms with E-state index in [1.165, 1.54) is 12.8 Å². The molecule has 0 amide bonds. The quantitative estimate of drug-likeness (QED) is 0.672. The minimum Gasteiger partial charge on any atom is -0.480 e. The first-order valence-electron chi connectivity index (χ1n) is 4.92. The summed E-state index contributed by atoms with van der Waals surface area (Å²) in [6.07, 6.45) is 5.53. The van der Waals surface area contributed by atoms with Gasteiger partial charge < -0.3 is 5.11 Å². The number of hydrogen-bond acceptors (Lipinski definition) is 3. The van der Waals surface area contributed by atoms with Gasteiger partial charge in [0.25, 0.3) is 0 Å². The number of nitrogens with zero attached hydrogens (tertiary/aromatic N) is 2. The summed E-state index contributed by atoms with van der Waals surface area (Å²) in [4.78, 5) is 10.8. The third kappa shape index (κ3) is 1.57. The van der Waals surface area contributed by atoms with Crippen molar-refractivity contribution in [2.75, 3.05) is 0 Å². The topological polar surface area (TPSA) is 62.0 Å². The number of carboxylic acid groups (broad SMARTS) is 1. The van der Waals surface area contributed by atoms with Crippen LogP contribution in [0.25, 0.3) is 0 Å². The van der Waals surface area contributed by atoms with Crippen LogP contribution in [0, 0.1) is 5.92 Å². The maximum Gasteiger partial charge on any atom is 0.330 e. The second-order valence-corrected chi connectivity index (χ2v) is 3.88. The predicted molar refractivity (Wildman–Crippen MR) is 46.6 cm³/mol. The summed E-state index contributed by atoms with van der Waals surface area (Å²) in [5, 5.41) is 16.8. The minimum atomic E-state index is -0.807. The van der Waals surface area contributed by atoms with E-state index in [0.29, 0.717) is 0 Å². The Morgan fingerprint density at radius 1 is 1.15 bits per heavy atom. The van der Waals surface area contributed by atoms with E-state index in [9.17, 15) is 4.79 Å². The van der Waals surface area contributed by atoms with Gasteiger partial charge >= 0.3 is 5.97 Å². The molecular weight excluding hydrogens is 168 g/mol. The summed E-state index contributed by atoms with van der Waals surface area (Å²) in [5.41, 5.74) is 0. The van der Waals surface area contributed by atoms with E-state index in [0.717, 1.165) is 19.3 Å². The molecule has 3 atom stereocenters. The molecule has 1 heterocycles. The van der Waals surface area contributed by atoms with Crippen molar-refractivity contribution < 1.29 is 9.90 Å². The van der Waals surface area contributed by atoms with Crippen LogP contribution in [0.1, 0.15) is 32.1 Å². The van der Waals surface area contributed by atoms with Crippen LogP contribution in [0.3, 0.4) is 0 Å². The van der Waals surface area contributed by atoms with Gasteiger partial charge in [0.15, 0.2) is 6.04 Å². The van der Waals surface area contributed by atoms with E-state index >= 15 is 0 Å². The van der Waals surface area contributed by atoms with Crippen LogP contribution in [0.2, 0.25) is 0 Å². The number of carboxylic acids is 1. The molecule has 13 heavy (non-hydrogen) atoms. The molecule has 0 radical (unpaired) electrons. The maximum atomic E-state index is 10.8. The van der Waals surface area contributed by atoms with Gasteiger partial charge in [0.1, 0.15) is 0 Å². The van der Waals surface area contributed by atoms with Gasteiger partial charge in [-0.1, -0.05) is 19.3 Å². The first-order valence-corrected chi connectivity index (χ1v) is 4.92. The van der Waals surface area contributed by atoms with Gasteiger partial charge in [-0.2, -0.15) is 10.2 Å². The monoisotopic (exact) mass is 182 g/mol. The molecule has 2 aliphatic rings. The highest BCUT2D eigenvalue weighted by Crippen LogP contribution is 2.34. The lowest BCUT2D eigenvalue weighted by Gasteiger charge is -2.15. The van der Waals surface area contributed by atoms with Crippen molar-refractivity contribution >= 4 is 5.97 Å². The summed E-state index contributed by atoms with van der Waals surface area (Å²) in [5.74, 6) is -0.627. The fourth-order valence-corrected chi connectivity index (χ4v) is 2.30. The minimum absolute atomic E-state index is 0.181. The van der Waals surface area contributed by atoms with Gasteiger partial charge in [-0.05, 0) is 12.8 Å². The molecule has 0 spiro atoms. The van der Waals surface area contributed by atoms with Crippen LogP contribution in [-0.2, 0) is 4.79 Å². The van der Waals surface area contributed by atoms with Crippen molar-refractivity contribution in [3.05, 3.63) is 0 Å². The summed E-state index contributed by atoms with van der Waals surface area (Å²) in [7, 11) is 0. The van der Waals surface area contributed by atoms with Gasteiger partial charge in [-0.15, -0.1) is 0 Å². The predicted octanol–water partition coefficient (Wildman–Crippen LogP) is 1.85. The van der Waals surface area contributed by atoms with Crippen LogP contribution in [-0.4, -0.2) is 23.2 Å². The van der Waals surface area contributed by atoms with E-state index < -0.39 is 12.0 Å². The lowest BCUT2D eigenvalue weighted by Crippen LogP contribution is -2.29. The Kier molecular flexibility index (Phi) is 2.29. The largest absolute Gasteiger partial charge is 0.480 e. The SMILES string of the molecule is O=C(O)C1N=NC2CCCCCC21. The smallest absolute Gasteiger partial charge is 0.330 e. The zero-order chi connectivity index (χ0) is 9.26. The third-order valence-electron chi connectivity index (χ3n) is 3.03. The Hall–Kier alpha value is -0.930. The molecule has 0 saturated heterocycles. The molecule has 1 saturated carbocycles. The van der Waals surface area contributed by atoms with Gasteiger partial charge in [0.05, 0.1) is 6.04 Å². The summed E-state index contributed by atoms with van der Waals surface area (Å²) < 4.78 is 0. The second-order valence-electron chi connectivity index (χ2n) is 3.88. The average Bonchev–Trinajstić information content (AvgIpc) is 2.36. The normalized spacial score (nSPS) is 38.3. The number of azo groups is 1. The molecule has 2 rings (SSSR count). The first-order chi connectivity index (χ1) is 6.29. The van der Waals surface area contributed by atoms with Gasteiger partial charge in [-0.3, -0.25) is 0 Å². The molecule has 1 N–H and O–H groups in total. The third-order valence-corrected chi connectivity index (χ3v) is 3.03. The fraction of sp³-hybridized carbons (Fsp3) is 0.889. The van der Waals surface area contributed by atoms with E-state index in [4.69, 9.17) is 5.11 Å². The van der Waals surface area contributed by atoms with Crippen LogP contribution in [0.4, 0.5) is 0 Å². The molecule has 1 aliphatic heterocycles. The molecular formula is C9H14N2O2. The summed E-state index contributed by atoms with van der Waals surface area (Å²) >= 11 is 0. The van der Waals surface area contributed by atoms with Crippen molar-refractivity contribution in [3.8, 4) is 0 Å². The van der Waals surface area contributed by atoms with E-state index in [2.05, 4.69) is 10.2 Å². The number of rotatable bonds is 1. The van der Waals surface area contributed by atoms with Crippen LogP contribution >= 0.6 is 0 Å². The molecule has 1 fully saturated rings. The number of hydrogen-bond donors (Lipinski definition) is 1. The maximum absolute atomic E-state index is 10.8. The molecule has 0 aromatic carbocycles. The zero-order valence-electron chi connectivity index (χ0n) is 7.52. The Morgan fingerprint density at radius 2 is 1.92 bits per heavy atom. The molecule has 0 bridgehead atoms. The van der Waals surface area contributed by atoms with E-state index in [-0.39, 0.29) is 12.0 Å². The van der Waals surface area contributed by atoms with Crippen molar-refractivity contribution in [1.82, 2.24) is 0 Å². The highest BCUT2D eigenvalue weighted by molar-refractivity contribution is 5.74. The van der Waals surface area contributed by atoms with E-state index in [1.807, 2.05) is 0 Å². The Labute approximate surface area is 77.0 Å². The number of carbonyl (C=O) groups is 1. The molecule has 3 unspecified atom stereocenters. The van der Waals surface area contributed by atoms with Crippen LogP contribution in [0.15, 0.2) is 10.2 Å². The van der Waals surface area contributed by atoms with Crippen molar-refractivity contribution in [2.45, 2.75) is 44.2 Å². The average molecular weight is 182 g/mol. The fourth-order valence-electron chi connectivity index (χ4n) is 2.30. The van der Waals surface area contributed by atoms with Crippen molar-refractivity contribution in [1.29, 1.82) is 0 Å². The standard InChI is InChI=1S/C9H14N2O2/c12-9(13)8-6-4-2-1-3-5-7(6)10-11-8/h6-8H,1-5H2,(H,12,13). The van der Waals surface area contributed by atoms with Crippen molar-refractivity contribution in [3.63, 3.8) is 0 Å². The highest BCUT2D eigenvalue weighted by atomic mass is 16.4. The highest BCUT2D eigenvalue weighted by Gasteiger charge is 2.39. The second kappa shape index (κ2) is 3.44. The van der Waals surface area contributed by atoms with Gasteiger partial charge in [-0.25, -0.2) is 4.79 Å². The van der Waals surface area contributed by atoms with Crippen LogP contribution in [0.5, 0.6) is 0 Å². The molecule has 0 aromatic heterocycles. The Bertz CT molecular complexity index is 240. The first kappa shape index (κ1) is 8.66. The van der Waals surface area contributed by atoms with Gasteiger partial charge in [0, 0.05) is 5.92 Å². The van der Waals surface area contributed by atoms with E-state index in [1.54, 1.807) is 0 Å². The zero-order valence-corrected chi connectivity index (χ0v) is 7.52. The Morgan fingerprint density at radius 3 is 2.69 bits per heavy atom. The molecule has 72 valence electrons. The molecule has 4 heteroatoms. The molecule has 4 nitrogen and oxygen atoms in total. The number of aliphatic carboxylic acids is 1. The molecule has 1 aliphatic carbocycles. The number of fused-ring (bicyclic) bond motifs is 1.